The lowest BCUT2D eigenvalue weighted by Gasteiger charge is -2.35. The summed E-state index contributed by atoms with van der Waals surface area (Å²) in [5.74, 6) is 0.434. The highest BCUT2D eigenvalue weighted by molar-refractivity contribution is 5.87. The van der Waals surface area contributed by atoms with E-state index in [2.05, 4.69) is 16.4 Å². The number of carbonyl (C=O) groups excluding carboxylic acids is 2. The minimum absolute atomic E-state index is 0.0170. The molecule has 24 heavy (non-hydrogen) atoms. The zero-order chi connectivity index (χ0) is 17.7. The number of hydrogen-bond donors (Lipinski definition) is 1. The van der Waals surface area contributed by atoms with E-state index in [1.165, 1.54) is 0 Å². The molecule has 7 nitrogen and oxygen atoms in total. The van der Waals surface area contributed by atoms with Crippen molar-refractivity contribution in [3.05, 3.63) is 23.9 Å². The lowest BCUT2D eigenvalue weighted by molar-refractivity contribution is -0.135. The van der Waals surface area contributed by atoms with E-state index in [4.69, 9.17) is 5.26 Å². The number of nitriles is 1. The molecule has 0 unspecified atom stereocenters. The predicted octanol–water partition coefficient (Wildman–Crippen LogP) is 0.764. The lowest BCUT2D eigenvalue weighted by Crippen LogP contribution is -2.52. The van der Waals surface area contributed by atoms with Gasteiger partial charge >= 0.3 is 0 Å². The van der Waals surface area contributed by atoms with Gasteiger partial charge in [0.1, 0.15) is 11.9 Å². The van der Waals surface area contributed by atoms with Crippen LogP contribution in [0.15, 0.2) is 18.3 Å². The molecule has 1 aliphatic rings. The number of hydrogen-bond acceptors (Lipinski definition) is 5. The van der Waals surface area contributed by atoms with Crippen LogP contribution in [0.25, 0.3) is 0 Å². The van der Waals surface area contributed by atoms with Gasteiger partial charge in [0.05, 0.1) is 12.1 Å². The van der Waals surface area contributed by atoms with E-state index in [0.717, 1.165) is 0 Å². The molecule has 1 aliphatic heterocycles. The van der Waals surface area contributed by atoms with Crippen LogP contribution in [0.5, 0.6) is 0 Å². The van der Waals surface area contributed by atoms with Crippen molar-refractivity contribution in [3.8, 4) is 6.07 Å². The van der Waals surface area contributed by atoms with E-state index in [9.17, 15) is 9.59 Å². The fourth-order valence-corrected chi connectivity index (χ4v) is 2.44. The Morgan fingerprint density at radius 1 is 1.29 bits per heavy atom. The number of nitrogens with zero attached hydrogens (tertiary/aromatic N) is 4. The fraction of sp³-hybridized carbons (Fsp3) is 0.529. The minimum atomic E-state index is -0.508. The SMILES string of the molecule is CC(C)(C)C(=O)NCC(=O)N1CCN(c2ncccc2C#N)CC1. The number of piperazine rings is 1. The first-order valence-electron chi connectivity index (χ1n) is 7.99. The molecular weight excluding hydrogens is 306 g/mol. The smallest absolute Gasteiger partial charge is 0.242 e. The summed E-state index contributed by atoms with van der Waals surface area (Å²) in [4.78, 5) is 32.1. The highest BCUT2D eigenvalue weighted by Crippen LogP contribution is 2.18. The number of pyridine rings is 1. The van der Waals surface area contributed by atoms with Crippen molar-refractivity contribution < 1.29 is 9.59 Å². The number of anilines is 1. The summed E-state index contributed by atoms with van der Waals surface area (Å²) in [6, 6.07) is 5.62. The first-order chi connectivity index (χ1) is 11.3. The summed E-state index contributed by atoms with van der Waals surface area (Å²) in [6.45, 7) is 7.78. The molecule has 1 aromatic heterocycles. The second-order valence-corrected chi connectivity index (χ2v) is 6.79. The van der Waals surface area contributed by atoms with Crippen LogP contribution in [0, 0.1) is 16.7 Å². The molecule has 0 aromatic carbocycles. The normalized spacial score (nSPS) is 14.9. The maximum Gasteiger partial charge on any atom is 0.242 e. The number of rotatable bonds is 3. The maximum absolute atomic E-state index is 12.2. The second kappa shape index (κ2) is 7.30. The number of amides is 2. The maximum atomic E-state index is 12.2. The summed E-state index contributed by atoms with van der Waals surface area (Å²) in [5, 5.41) is 11.8. The van der Waals surface area contributed by atoms with Gasteiger partial charge in [0, 0.05) is 37.8 Å². The largest absolute Gasteiger partial charge is 0.352 e. The molecule has 1 fully saturated rings. The number of carbonyl (C=O) groups is 2. The quantitative estimate of drug-likeness (QED) is 0.884. The molecule has 1 aromatic rings. The van der Waals surface area contributed by atoms with Crippen molar-refractivity contribution in [2.24, 2.45) is 5.41 Å². The molecule has 2 heterocycles. The molecule has 2 rings (SSSR count). The summed E-state index contributed by atoms with van der Waals surface area (Å²) in [5.41, 5.74) is 0.0285. The number of aromatic nitrogens is 1. The van der Waals surface area contributed by atoms with Crippen LogP contribution in [0.2, 0.25) is 0 Å². The third-order valence-electron chi connectivity index (χ3n) is 3.92. The van der Waals surface area contributed by atoms with Gasteiger partial charge in [-0.2, -0.15) is 5.26 Å². The molecule has 1 N–H and O–H groups in total. The van der Waals surface area contributed by atoms with E-state index in [1.807, 2.05) is 25.7 Å². The molecule has 0 spiro atoms. The zero-order valence-electron chi connectivity index (χ0n) is 14.4. The average molecular weight is 329 g/mol. The molecule has 0 bridgehead atoms. The molecular formula is C17H23N5O2. The Hall–Kier alpha value is -2.62. The van der Waals surface area contributed by atoms with Crippen LogP contribution in [0.3, 0.4) is 0 Å². The van der Waals surface area contributed by atoms with E-state index < -0.39 is 5.41 Å². The van der Waals surface area contributed by atoms with Crippen molar-refractivity contribution in [1.29, 1.82) is 5.26 Å². The fourth-order valence-electron chi connectivity index (χ4n) is 2.44. The van der Waals surface area contributed by atoms with E-state index in [0.29, 0.717) is 37.6 Å². The molecule has 1 saturated heterocycles. The van der Waals surface area contributed by atoms with Crippen LogP contribution in [0.4, 0.5) is 5.82 Å². The first-order valence-corrected chi connectivity index (χ1v) is 7.99. The topological polar surface area (TPSA) is 89.3 Å². The van der Waals surface area contributed by atoms with Crippen molar-refractivity contribution >= 4 is 17.6 Å². The molecule has 7 heteroatoms. The summed E-state index contributed by atoms with van der Waals surface area (Å²) < 4.78 is 0. The molecule has 2 amide bonds. The third-order valence-corrected chi connectivity index (χ3v) is 3.92. The summed E-state index contributed by atoms with van der Waals surface area (Å²) >= 11 is 0. The Kier molecular flexibility index (Phi) is 5.39. The van der Waals surface area contributed by atoms with Crippen molar-refractivity contribution in [3.63, 3.8) is 0 Å². The Morgan fingerprint density at radius 2 is 1.96 bits per heavy atom. The molecule has 128 valence electrons. The Bertz CT molecular complexity index is 652. The van der Waals surface area contributed by atoms with Crippen LogP contribution in [-0.2, 0) is 9.59 Å². The Labute approximate surface area is 142 Å². The van der Waals surface area contributed by atoms with Crippen molar-refractivity contribution in [2.45, 2.75) is 20.8 Å². The average Bonchev–Trinajstić information content (AvgIpc) is 2.58. The second-order valence-electron chi connectivity index (χ2n) is 6.79. The van der Waals surface area contributed by atoms with Crippen LogP contribution < -0.4 is 10.2 Å². The van der Waals surface area contributed by atoms with E-state index in [-0.39, 0.29) is 18.4 Å². The van der Waals surface area contributed by atoms with Gasteiger partial charge in [0.25, 0.3) is 0 Å². The third kappa shape index (κ3) is 4.22. The molecule has 0 saturated carbocycles. The Balaban J connectivity index is 1.87. The van der Waals surface area contributed by atoms with Crippen molar-refractivity contribution in [2.75, 3.05) is 37.6 Å². The van der Waals surface area contributed by atoms with Gasteiger partial charge < -0.3 is 15.1 Å². The molecule has 0 radical (unpaired) electrons. The van der Waals surface area contributed by atoms with E-state index in [1.54, 1.807) is 23.2 Å². The van der Waals surface area contributed by atoms with Gasteiger partial charge in [-0.3, -0.25) is 9.59 Å². The zero-order valence-corrected chi connectivity index (χ0v) is 14.4. The van der Waals surface area contributed by atoms with Gasteiger partial charge in [-0.1, -0.05) is 20.8 Å². The monoisotopic (exact) mass is 329 g/mol. The predicted molar refractivity (Wildman–Crippen MR) is 90.2 cm³/mol. The van der Waals surface area contributed by atoms with Crippen LogP contribution in [-0.4, -0.2) is 54.4 Å². The van der Waals surface area contributed by atoms with Gasteiger partial charge in [-0.25, -0.2) is 4.98 Å². The summed E-state index contributed by atoms with van der Waals surface area (Å²) in [7, 11) is 0. The summed E-state index contributed by atoms with van der Waals surface area (Å²) in [6.07, 6.45) is 1.66. The highest BCUT2D eigenvalue weighted by Gasteiger charge is 2.25. The molecule has 0 aliphatic carbocycles. The lowest BCUT2D eigenvalue weighted by atomic mass is 9.96. The van der Waals surface area contributed by atoms with Gasteiger partial charge in [-0.15, -0.1) is 0 Å². The van der Waals surface area contributed by atoms with Crippen LogP contribution in [0.1, 0.15) is 26.3 Å². The first kappa shape index (κ1) is 17.7. The van der Waals surface area contributed by atoms with Crippen molar-refractivity contribution in [1.82, 2.24) is 15.2 Å². The number of nitrogens with one attached hydrogen (secondary N) is 1. The van der Waals surface area contributed by atoms with Gasteiger partial charge in [0.15, 0.2) is 0 Å². The van der Waals surface area contributed by atoms with Gasteiger partial charge in [0.2, 0.25) is 11.8 Å². The minimum Gasteiger partial charge on any atom is -0.352 e. The Morgan fingerprint density at radius 3 is 2.54 bits per heavy atom. The molecule has 0 atom stereocenters. The van der Waals surface area contributed by atoms with E-state index >= 15 is 0 Å². The standard InChI is InChI=1S/C17H23N5O2/c1-17(2,3)16(24)20-12-14(23)21-7-9-22(10-8-21)15-13(11-18)5-4-6-19-15/h4-6H,7-10,12H2,1-3H3,(H,20,24). The highest BCUT2D eigenvalue weighted by atomic mass is 16.2. The van der Waals surface area contributed by atoms with Gasteiger partial charge in [-0.05, 0) is 12.1 Å². The van der Waals surface area contributed by atoms with Crippen LogP contribution >= 0.6 is 0 Å².